The average molecular weight is 403 g/mol. The number of aromatic nitrogens is 1. The molecule has 3 aromatic rings. The number of ether oxygens (including phenoxy) is 1. The van der Waals surface area contributed by atoms with E-state index in [1.54, 1.807) is 0 Å². The molecule has 0 unspecified atom stereocenters. The Labute approximate surface area is 168 Å². The van der Waals surface area contributed by atoms with Crippen LogP contribution in [0.25, 0.3) is 11.0 Å². The van der Waals surface area contributed by atoms with Gasteiger partial charge in [-0.2, -0.15) is 0 Å². The lowest BCUT2D eigenvalue weighted by molar-refractivity contribution is 0.299. The van der Waals surface area contributed by atoms with Gasteiger partial charge in [0.1, 0.15) is 12.4 Å². The van der Waals surface area contributed by atoms with Crippen LogP contribution in [0.1, 0.15) is 37.0 Å². The minimum absolute atomic E-state index is 0.388. The van der Waals surface area contributed by atoms with E-state index in [0.717, 1.165) is 29.5 Å². The summed E-state index contributed by atoms with van der Waals surface area (Å²) in [5, 5.41) is 5.56. The highest BCUT2D eigenvalue weighted by molar-refractivity contribution is 7.99. The lowest BCUT2D eigenvalue weighted by atomic mass is 9.74. The first-order valence-electron chi connectivity index (χ1n) is 9.06. The average Bonchev–Trinajstić information content (AvgIpc) is 3.01. The second-order valence-electron chi connectivity index (χ2n) is 7.84. The molecule has 0 aliphatic heterocycles. The Hall–Kier alpha value is -1.85. The first-order chi connectivity index (χ1) is 12.9. The predicted molar refractivity (Wildman–Crippen MR) is 113 cm³/mol. The van der Waals surface area contributed by atoms with Crippen LogP contribution < -0.4 is 9.46 Å². The zero-order chi connectivity index (χ0) is 19.0. The van der Waals surface area contributed by atoms with E-state index in [4.69, 9.17) is 20.9 Å². The van der Waals surface area contributed by atoms with Crippen molar-refractivity contribution in [3.8, 4) is 5.75 Å². The smallest absolute Gasteiger partial charge is 0.187 e. The number of benzene rings is 2. The molecular formula is C21H23ClN2O2S. The largest absolute Gasteiger partial charge is 0.489 e. The Morgan fingerprint density at radius 2 is 2.11 bits per heavy atom. The van der Waals surface area contributed by atoms with E-state index in [1.165, 1.54) is 29.5 Å². The summed E-state index contributed by atoms with van der Waals surface area (Å²) in [6.07, 6.45) is 5.38. The second kappa shape index (κ2) is 7.28. The molecule has 2 aromatic carbocycles. The van der Waals surface area contributed by atoms with Crippen LogP contribution in [0.2, 0.25) is 5.02 Å². The molecule has 4 rings (SSSR count). The summed E-state index contributed by atoms with van der Waals surface area (Å²) < 4.78 is 14.5. The third-order valence-electron chi connectivity index (χ3n) is 5.15. The van der Waals surface area contributed by atoms with Crippen LogP contribution in [0, 0.1) is 5.41 Å². The van der Waals surface area contributed by atoms with Crippen molar-refractivity contribution in [1.29, 1.82) is 0 Å². The van der Waals surface area contributed by atoms with Gasteiger partial charge in [-0.05, 0) is 60.1 Å². The van der Waals surface area contributed by atoms with E-state index in [0.29, 0.717) is 28.4 Å². The Morgan fingerprint density at radius 1 is 1.26 bits per heavy atom. The number of rotatable bonds is 5. The fourth-order valence-electron chi connectivity index (χ4n) is 3.62. The summed E-state index contributed by atoms with van der Waals surface area (Å²) in [6, 6.07) is 10.2. The van der Waals surface area contributed by atoms with E-state index < -0.39 is 0 Å². The van der Waals surface area contributed by atoms with E-state index in [-0.39, 0.29) is 0 Å². The molecule has 1 N–H and O–H groups in total. The first-order valence-corrected chi connectivity index (χ1v) is 10.7. The molecule has 1 aliphatic carbocycles. The van der Waals surface area contributed by atoms with Gasteiger partial charge in [0.25, 0.3) is 0 Å². The summed E-state index contributed by atoms with van der Waals surface area (Å²) in [5.41, 5.74) is 4.81. The van der Waals surface area contributed by atoms with Gasteiger partial charge in [-0.3, -0.25) is 0 Å². The number of hydrogen-bond donors (Lipinski definition) is 1. The van der Waals surface area contributed by atoms with Crippen molar-refractivity contribution < 1.29 is 9.26 Å². The van der Waals surface area contributed by atoms with Gasteiger partial charge in [0.15, 0.2) is 11.4 Å². The van der Waals surface area contributed by atoms with Crippen LogP contribution in [0.3, 0.4) is 0 Å². The van der Waals surface area contributed by atoms with Crippen molar-refractivity contribution in [2.75, 3.05) is 11.0 Å². The highest BCUT2D eigenvalue weighted by atomic mass is 35.5. The first kappa shape index (κ1) is 18.5. The Kier molecular flexibility index (Phi) is 4.99. The maximum Gasteiger partial charge on any atom is 0.187 e. The normalized spacial score (nSPS) is 15.6. The van der Waals surface area contributed by atoms with E-state index in [2.05, 4.69) is 41.9 Å². The highest BCUT2D eigenvalue weighted by Crippen LogP contribution is 2.36. The predicted octanol–water partition coefficient (Wildman–Crippen LogP) is 6.27. The minimum atomic E-state index is 0.388. The Bertz CT molecular complexity index is 984. The molecule has 4 nitrogen and oxygen atoms in total. The van der Waals surface area contributed by atoms with Gasteiger partial charge in [-0.25, -0.2) is 0 Å². The summed E-state index contributed by atoms with van der Waals surface area (Å²) in [6.45, 7) is 5.06. The summed E-state index contributed by atoms with van der Waals surface area (Å²) >= 11 is 7.92. The van der Waals surface area contributed by atoms with Crippen molar-refractivity contribution in [2.45, 2.75) is 39.7 Å². The second-order valence-corrected chi connectivity index (χ2v) is 8.86. The molecule has 6 heteroatoms. The molecular weight excluding hydrogens is 380 g/mol. The monoisotopic (exact) mass is 402 g/mol. The molecule has 0 atom stereocenters. The molecule has 0 radical (unpaired) electrons. The van der Waals surface area contributed by atoms with E-state index in [9.17, 15) is 0 Å². The zero-order valence-electron chi connectivity index (χ0n) is 15.8. The molecule has 1 aromatic heterocycles. The standard InChI is InChI=1S/C21H23ClN2O2S/c1-21(2)7-6-13-8-16(5-4-14(13)11-21)25-12-15-9-19-17(10-18(15)22)20(23-26-19)24-27-3/h4-5,8-10H,6-7,11-12H2,1-3H3,(H,23,24). The third-order valence-corrected chi connectivity index (χ3v) is 5.90. The summed E-state index contributed by atoms with van der Waals surface area (Å²) in [7, 11) is 0. The molecule has 0 saturated heterocycles. The minimum Gasteiger partial charge on any atom is -0.489 e. The molecule has 27 heavy (non-hydrogen) atoms. The Morgan fingerprint density at radius 3 is 2.93 bits per heavy atom. The van der Waals surface area contributed by atoms with E-state index in [1.807, 2.05) is 18.4 Å². The number of nitrogens with zero attached hydrogens (tertiary/aromatic N) is 1. The van der Waals surface area contributed by atoms with Crippen LogP contribution in [-0.4, -0.2) is 11.4 Å². The number of anilines is 1. The van der Waals surface area contributed by atoms with Crippen molar-refractivity contribution >= 4 is 40.3 Å². The molecule has 0 amide bonds. The van der Waals surface area contributed by atoms with Gasteiger partial charge < -0.3 is 14.0 Å². The maximum absolute atomic E-state index is 6.46. The fraction of sp³-hybridized carbons (Fsp3) is 0.381. The van der Waals surface area contributed by atoms with Crippen molar-refractivity contribution in [3.63, 3.8) is 0 Å². The number of aryl methyl sites for hydroxylation is 1. The molecule has 0 fully saturated rings. The maximum atomic E-state index is 6.46. The highest BCUT2D eigenvalue weighted by Gasteiger charge is 2.25. The van der Waals surface area contributed by atoms with Gasteiger partial charge in [-0.15, -0.1) is 0 Å². The summed E-state index contributed by atoms with van der Waals surface area (Å²) in [4.78, 5) is 0. The molecule has 142 valence electrons. The molecule has 0 saturated carbocycles. The molecule has 0 spiro atoms. The SMILES string of the molecule is CSNc1noc2cc(COc3ccc4c(c3)CCC(C)(C)C4)c(Cl)cc12. The zero-order valence-corrected chi connectivity index (χ0v) is 17.3. The lowest BCUT2D eigenvalue weighted by Gasteiger charge is -2.31. The van der Waals surface area contributed by atoms with Crippen LogP contribution in [-0.2, 0) is 19.4 Å². The topological polar surface area (TPSA) is 47.3 Å². The van der Waals surface area contributed by atoms with Crippen molar-refractivity contribution in [1.82, 2.24) is 5.16 Å². The van der Waals surface area contributed by atoms with Gasteiger partial charge in [0, 0.05) is 16.8 Å². The fourth-order valence-corrected chi connectivity index (χ4v) is 4.18. The van der Waals surface area contributed by atoms with Gasteiger partial charge in [0.05, 0.1) is 5.39 Å². The van der Waals surface area contributed by atoms with Crippen LogP contribution >= 0.6 is 23.5 Å². The number of nitrogens with one attached hydrogen (secondary N) is 1. The van der Waals surface area contributed by atoms with Crippen molar-refractivity contribution in [3.05, 3.63) is 52.0 Å². The Balaban J connectivity index is 1.51. The van der Waals surface area contributed by atoms with Gasteiger partial charge >= 0.3 is 0 Å². The third kappa shape index (κ3) is 3.90. The van der Waals surface area contributed by atoms with E-state index >= 15 is 0 Å². The van der Waals surface area contributed by atoms with Crippen LogP contribution in [0.5, 0.6) is 5.75 Å². The number of halogens is 1. The molecule has 0 bridgehead atoms. The summed E-state index contributed by atoms with van der Waals surface area (Å²) in [5.74, 6) is 1.57. The number of fused-ring (bicyclic) bond motifs is 2. The molecule has 1 heterocycles. The van der Waals surface area contributed by atoms with Crippen LogP contribution in [0.15, 0.2) is 34.9 Å². The van der Waals surface area contributed by atoms with Crippen LogP contribution in [0.4, 0.5) is 5.82 Å². The number of hydrogen-bond acceptors (Lipinski definition) is 5. The van der Waals surface area contributed by atoms with Gasteiger partial charge in [0.2, 0.25) is 0 Å². The van der Waals surface area contributed by atoms with Gasteiger partial charge in [-0.1, -0.05) is 48.6 Å². The molecule has 1 aliphatic rings. The quantitative estimate of drug-likeness (QED) is 0.510. The lowest BCUT2D eigenvalue weighted by Crippen LogP contribution is -2.22. The van der Waals surface area contributed by atoms with Crippen molar-refractivity contribution in [2.24, 2.45) is 5.41 Å².